The summed E-state index contributed by atoms with van der Waals surface area (Å²) in [6, 6.07) is 3.74. The molecular formula is C11H13Cl2NO4S. The van der Waals surface area contributed by atoms with Gasteiger partial charge in [0.2, 0.25) is 0 Å². The summed E-state index contributed by atoms with van der Waals surface area (Å²) in [6.45, 7) is 0.944. The first-order valence-electron chi connectivity index (χ1n) is 5.37. The molecule has 5 nitrogen and oxygen atoms in total. The van der Waals surface area contributed by atoms with Gasteiger partial charge in [0, 0.05) is 41.5 Å². The van der Waals surface area contributed by atoms with Gasteiger partial charge in [0.15, 0.2) is 0 Å². The van der Waals surface area contributed by atoms with E-state index in [1.165, 1.54) is 18.2 Å². The fraction of sp³-hybridized carbons (Fsp3) is 0.364. The third-order valence-corrected chi connectivity index (χ3v) is 3.78. The highest BCUT2D eigenvalue weighted by molar-refractivity contribution is 8.13. The van der Waals surface area contributed by atoms with E-state index in [9.17, 15) is 13.2 Å². The van der Waals surface area contributed by atoms with Gasteiger partial charge in [0.25, 0.3) is 15.0 Å². The zero-order valence-corrected chi connectivity index (χ0v) is 12.5. The van der Waals surface area contributed by atoms with Gasteiger partial charge in [0.1, 0.15) is 0 Å². The molecule has 0 saturated heterocycles. The van der Waals surface area contributed by atoms with Gasteiger partial charge >= 0.3 is 0 Å². The number of hydrogen-bond donors (Lipinski definition) is 1. The van der Waals surface area contributed by atoms with Crippen LogP contribution in [0.5, 0.6) is 0 Å². The fourth-order valence-corrected chi connectivity index (χ4v) is 2.46. The quantitative estimate of drug-likeness (QED) is 0.641. The molecule has 0 heterocycles. The van der Waals surface area contributed by atoms with Crippen LogP contribution in [0.1, 0.15) is 16.8 Å². The summed E-state index contributed by atoms with van der Waals surface area (Å²) in [7, 11) is 2.86. The van der Waals surface area contributed by atoms with Gasteiger partial charge in [-0.3, -0.25) is 4.79 Å². The van der Waals surface area contributed by atoms with Crippen LogP contribution in [0.3, 0.4) is 0 Å². The van der Waals surface area contributed by atoms with Gasteiger partial charge in [0.05, 0.1) is 4.90 Å². The number of halogens is 2. The molecule has 0 aromatic heterocycles. The van der Waals surface area contributed by atoms with Crippen molar-refractivity contribution in [3.63, 3.8) is 0 Å². The molecule has 8 heteroatoms. The highest BCUT2D eigenvalue weighted by Gasteiger charge is 2.15. The molecule has 19 heavy (non-hydrogen) atoms. The Morgan fingerprint density at radius 2 is 2.05 bits per heavy atom. The first-order valence-corrected chi connectivity index (χ1v) is 8.05. The Balaban J connectivity index is 2.83. The highest BCUT2D eigenvalue weighted by atomic mass is 35.7. The summed E-state index contributed by atoms with van der Waals surface area (Å²) < 4.78 is 27.3. The van der Waals surface area contributed by atoms with Gasteiger partial charge in [-0.1, -0.05) is 11.6 Å². The lowest BCUT2D eigenvalue weighted by molar-refractivity contribution is 0.0948. The molecule has 0 fully saturated rings. The second kappa shape index (κ2) is 7.09. The second-order valence-corrected chi connectivity index (χ2v) is 6.72. The molecule has 0 aliphatic rings. The Hall–Kier alpha value is -0.820. The van der Waals surface area contributed by atoms with Crippen LogP contribution >= 0.6 is 22.3 Å². The second-order valence-electron chi connectivity index (χ2n) is 3.72. The number of methoxy groups -OCH3 is 1. The van der Waals surface area contributed by atoms with E-state index in [0.717, 1.165) is 0 Å². The van der Waals surface area contributed by atoms with Crippen LogP contribution in [0, 0.1) is 0 Å². The lowest BCUT2D eigenvalue weighted by Crippen LogP contribution is -2.25. The molecule has 106 valence electrons. The van der Waals surface area contributed by atoms with Gasteiger partial charge < -0.3 is 10.1 Å². The number of amides is 1. The molecule has 0 bridgehead atoms. The van der Waals surface area contributed by atoms with Gasteiger partial charge in [-0.25, -0.2) is 8.42 Å². The lowest BCUT2D eigenvalue weighted by atomic mass is 10.2. The van der Waals surface area contributed by atoms with Crippen molar-refractivity contribution in [2.45, 2.75) is 11.3 Å². The third-order valence-electron chi connectivity index (χ3n) is 2.23. The van der Waals surface area contributed by atoms with Crippen molar-refractivity contribution < 1.29 is 17.9 Å². The molecule has 1 aromatic carbocycles. The van der Waals surface area contributed by atoms with Crippen molar-refractivity contribution in [3.05, 3.63) is 28.8 Å². The zero-order chi connectivity index (χ0) is 14.5. The van der Waals surface area contributed by atoms with Crippen LogP contribution in [0.15, 0.2) is 23.1 Å². The van der Waals surface area contributed by atoms with Crippen LogP contribution in [-0.4, -0.2) is 34.6 Å². The molecule has 1 N–H and O–H groups in total. The molecule has 0 aliphatic carbocycles. The van der Waals surface area contributed by atoms with Gasteiger partial charge in [-0.15, -0.1) is 0 Å². The van der Waals surface area contributed by atoms with E-state index in [4.69, 9.17) is 27.0 Å². The predicted octanol–water partition coefficient (Wildman–Crippen LogP) is 2.03. The summed E-state index contributed by atoms with van der Waals surface area (Å²) in [6.07, 6.45) is 0.656. The normalized spacial score (nSPS) is 11.3. The molecule has 1 amide bonds. The highest BCUT2D eigenvalue weighted by Crippen LogP contribution is 2.21. The lowest BCUT2D eigenvalue weighted by Gasteiger charge is -2.06. The zero-order valence-electron chi connectivity index (χ0n) is 10.2. The van der Waals surface area contributed by atoms with Crippen LogP contribution in [0.2, 0.25) is 5.02 Å². The number of benzene rings is 1. The summed E-state index contributed by atoms with van der Waals surface area (Å²) >= 11 is 5.76. The summed E-state index contributed by atoms with van der Waals surface area (Å²) in [4.78, 5) is 11.6. The molecule has 0 aliphatic heterocycles. The van der Waals surface area contributed by atoms with E-state index in [-0.39, 0.29) is 15.5 Å². The van der Waals surface area contributed by atoms with E-state index < -0.39 is 15.0 Å². The molecule has 0 unspecified atom stereocenters. The Morgan fingerprint density at radius 1 is 1.37 bits per heavy atom. The fourth-order valence-electron chi connectivity index (χ4n) is 1.36. The van der Waals surface area contributed by atoms with Crippen molar-refractivity contribution in [1.82, 2.24) is 5.32 Å². The minimum absolute atomic E-state index is 0.128. The van der Waals surface area contributed by atoms with E-state index in [2.05, 4.69) is 5.32 Å². The molecule has 0 atom stereocenters. The number of ether oxygens (including phenoxy) is 1. The molecule has 1 aromatic rings. The Morgan fingerprint density at radius 3 is 2.63 bits per heavy atom. The molecule has 1 rings (SSSR count). The van der Waals surface area contributed by atoms with Crippen molar-refractivity contribution in [1.29, 1.82) is 0 Å². The van der Waals surface area contributed by atoms with Crippen LogP contribution in [-0.2, 0) is 13.8 Å². The Bertz CT molecular complexity index is 560. The number of rotatable bonds is 6. The molecule has 0 spiro atoms. The van der Waals surface area contributed by atoms with Gasteiger partial charge in [-0.05, 0) is 24.6 Å². The average Bonchev–Trinajstić information content (AvgIpc) is 2.32. The maximum Gasteiger partial charge on any atom is 0.261 e. The van der Waals surface area contributed by atoms with E-state index >= 15 is 0 Å². The van der Waals surface area contributed by atoms with E-state index in [0.29, 0.717) is 19.6 Å². The number of hydrogen-bond acceptors (Lipinski definition) is 4. The first-order chi connectivity index (χ1) is 8.84. The van der Waals surface area contributed by atoms with Gasteiger partial charge in [-0.2, -0.15) is 0 Å². The smallest absolute Gasteiger partial charge is 0.261 e. The maximum absolute atomic E-state index is 11.8. The van der Waals surface area contributed by atoms with Crippen LogP contribution in [0.4, 0.5) is 0 Å². The van der Waals surface area contributed by atoms with E-state index in [1.54, 1.807) is 7.11 Å². The third kappa shape index (κ3) is 5.36. The average molecular weight is 326 g/mol. The number of nitrogens with one attached hydrogen (secondary N) is 1. The van der Waals surface area contributed by atoms with Crippen molar-refractivity contribution in [2.75, 3.05) is 20.3 Å². The van der Waals surface area contributed by atoms with Crippen molar-refractivity contribution in [2.24, 2.45) is 0 Å². The first kappa shape index (κ1) is 16.2. The topological polar surface area (TPSA) is 72.5 Å². The minimum atomic E-state index is -3.92. The van der Waals surface area contributed by atoms with Crippen molar-refractivity contribution in [3.8, 4) is 0 Å². The SMILES string of the molecule is COCCCNC(=O)c1cc(Cl)cc(S(=O)(=O)Cl)c1. The summed E-state index contributed by atoms with van der Waals surface area (Å²) in [5, 5.41) is 2.75. The van der Waals surface area contributed by atoms with E-state index in [1.807, 2.05) is 0 Å². The summed E-state index contributed by atoms with van der Waals surface area (Å²) in [5.74, 6) is -0.417. The van der Waals surface area contributed by atoms with Crippen molar-refractivity contribution >= 4 is 37.2 Å². The minimum Gasteiger partial charge on any atom is -0.385 e. The molecule has 0 saturated carbocycles. The molecule has 0 radical (unpaired) electrons. The Labute approximate surface area is 121 Å². The Kier molecular flexibility index (Phi) is 6.06. The monoisotopic (exact) mass is 325 g/mol. The number of carbonyl (C=O) groups excluding carboxylic acids is 1. The van der Waals surface area contributed by atoms with Crippen LogP contribution < -0.4 is 5.32 Å². The maximum atomic E-state index is 11.8. The molecular weight excluding hydrogens is 313 g/mol. The standard InChI is InChI=1S/C11H13Cl2NO4S/c1-18-4-2-3-14-11(15)8-5-9(12)7-10(6-8)19(13,16)17/h5-7H,2-4H2,1H3,(H,14,15). The predicted molar refractivity (Wildman–Crippen MR) is 73.3 cm³/mol. The van der Waals surface area contributed by atoms with Crippen LogP contribution in [0.25, 0.3) is 0 Å². The largest absolute Gasteiger partial charge is 0.385 e. The summed E-state index contributed by atoms with van der Waals surface area (Å²) in [5.41, 5.74) is 0.143. The number of carbonyl (C=O) groups is 1.